The molecule has 2 heterocycles. The van der Waals surface area contributed by atoms with Crippen molar-refractivity contribution in [1.29, 1.82) is 0 Å². The van der Waals surface area contributed by atoms with Gasteiger partial charge in [0.2, 0.25) is 0 Å². The van der Waals surface area contributed by atoms with Crippen LogP contribution in [0.25, 0.3) is 10.9 Å². The van der Waals surface area contributed by atoms with E-state index in [1.807, 2.05) is 18.3 Å². The summed E-state index contributed by atoms with van der Waals surface area (Å²) in [6.07, 6.45) is 1.98. The Morgan fingerprint density at radius 2 is 2.29 bits per heavy atom. The van der Waals surface area contributed by atoms with Gasteiger partial charge < -0.3 is 9.29 Å². The van der Waals surface area contributed by atoms with Gasteiger partial charge in [0.15, 0.2) is 29.1 Å². The zero-order valence-corrected chi connectivity index (χ0v) is 10.1. The zero-order chi connectivity index (χ0) is 12.0. The first-order chi connectivity index (χ1) is 8.18. The number of benzene rings is 1. The van der Waals surface area contributed by atoms with Crippen LogP contribution in [0.5, 0.6) is 5.75 Å². The third-order valence-electron chi connectivity index (χ3n) is 3.05. The van der Waals surface area contributed by atoms with Crippen LogP contribution < -0.4 is 9.30 Å². The molecule has 17 heavy (non-hydrogen) atoms. The average Bonchev–Trinajstić information content (AvgIpc) is 2.33. The lowest BCUT2D eigenvalue weighted by molar-refractivity contribution is -0.700. The largest absolute Gasteiger partial charge is 0.480 e. The lowest BCUT2D eigenvalue weighted by atomic mass is 10.1. The molecule has 1 aliphatic rings. The van der Waals surface area contributed by atoms with Gasteiger partial charge in [-0.1, -0.05) is 0 Å². The normalized spacial score (nSPS) is 20.0. The van der Waals surface area contributed by atoms with Crippen LogP contribution in [0, 0.1) is 0 Å². The topological polar surface area (TPSA) is 50.4 Å². The summed E-state index contributed by atoms with van der Waals surface area (Å²) in [6, 6.07) is 7.38. The van der Waals surface area contributed by atoms with Gasteiger partial charge in [-0.05, 0) is 18.2 Å². The van der Waals surface area contributed by atoms with Gasteiger partial charge >= 0.3 is 0 Å². The van der Waals surface area contributed by atoms with Gasteiger partial charge in [-0.25, -0.2) is 4.21 Å². The van der Waals surface area contributed by atoms with Crippen LogP contribution in [0.2, 0.25) is 0 Å². The van der Waals surface area contributed by atoms with Crippen molar-refractivity contribution in [2.45, 2.75) is 17.9 Å². The smallest absolute Gasteiger partial charge is 0.256 e. The van der Waals surface area contributed by atoms with Crippen LogP contribution in [0.1, 0.15) is 13.0 Å². The van der Waals surface area contributed by atoms with Crippen LogP contribution in [-0.4, -0.2) is 15.4 Å². The summed E-state index contributed by atoms with van der Waals surface area (Å²) in [5.41, 5.74) is 0.895. The van der Waals surface area contributed by atoms with E-state index in [-0.39, 0.29) is 6.04 Å². The van der Waals surface area contributed by atoms with Crippen molar-refractivity contribution in [2.75, 3.05) is 6.61 Å². The Kier molecular flexibility index (Phi) is 2.38. The van der Waals surface area contributed by atoms with E-state index < -0.39 is 11.1 Å². The standard InChI is InChI=1S/C12H11NO3S/c1-8-7-16-10-4-5-11(17(14)15)9-3-2-6-13(8)12(9)10/h2-6,8H,7H2,1H3/p+1. The fourth-order valence-electron chi connectivity index (χ4n) is 2.23. The van der Waals surface area contributed by atoms with Crippen molar-refractivity contribution in [1.82, 2.24) is 0 Å². The van der Waals surface area contributed by atoms with Gasteiger partial charge in [0.1, 0.15) is 6.61 Å². The molecule has 0 saturated carbocycles. The van der Waals surface area contributed by atoms with Crippen molar-refractivity contribution < 1.29 is 18.1 Å². The monoisotopic (exact) mass is 250 g/mol. The minimum Gasteiger partial charge on any atom is -0.480 e. The summed E-state index contributed by atoms with van der Waals surface area (Å²) < 4.78 is 28.3. The third-order valence-corrected chi connectivity index (χ3v) is 3.78. The number of ether oxygens (including phenoxy) is 1. The number of rotatable bonds is 1. The quantitative estimate of drug-likeness (QED) is 0.618. The molecule has 2 unspecified atom stereocenters. The van der Waals surface area contributed by atoms with Gasteiger partial charge in [0, 0.05) is 13.0 Å². The molecule has 0 radical (unpaired) electrons. The molecule has 4 nitrogen and oxygen atoms in total. The summed E-state index contributed by atoms with van der Waals surface area (Å²) in [5, 5.41) is 0.775. The molecule has 5 heteroatoms. The highest BCUT2D eigenvalue weighted by Gasteiger charge is 2.28. The second-order valence-corrected chi connectivity index (χ2v) is 5.09. The molecule has 0 bridgehead atoms. The van der Waals surface area contributed by atoms with Gasteiger partial charge in [-0.2, -0.15) is 4.57 Å². The molecule has 0 amide bonds. The second kappa shape index (κ2) is 3.78. The number of pyridine rings is 1. The number of nitrogens with zero attached hydrogens (tertiary/aromatic N) is 1. The van der Waals surface area contributed by atoms with Crippen LogP contribution in [-0.2, 0) is 11.1 Å². The second-order valence-electron chi connectivity index (χ2n) is 4.15. The first-order valence-corrected chi connectivity index (χ1v) is 6.49. The molecule has 0 spiro atoms. The fourth-order valence-corrected chi connectivity index (χ4v) is 2.77. The Morgan fingerprint density at radius 1 is 1.47 bits per heavy atom. The first kappa shape index (κ1) is 10.7. The highest BCUT2D eigenvalue weighted by Crippen LogP contribution is 2.30. The summed E-state index contributed by atoms with van der Waals surface area (Å²) in [6.45, 7) is 2.68. The number of hydrogen-bond donors (Lipinski definition) is 1. The fraction of sp³-hybridized carbons (Fsp3) is 0.250. The molecule has 2 aromatic rings. The molecule has 2 atom stereocenters. The lowest BCUT2D eigenvalue weighted by Gasteiger charge is -2.18. The average molecular weight is 250 g/mol. The van der Waals surface area contributed by atoms with Crippen molar-refractivity contribution in [3.05, 3.63) is 30.5 Å². The van der Waals surface area contributed by atoms with Gasteiger partial charge in [-0.15, -0.1) is 0 Å². The van der Waals surface area contributed by atoms with E-state index in [1.165, 1.54) is 0 Å². The van der Waals surface area contributed by atoms with Gasteiger partial charge in [0.25, 0.3) is 5.52 Å². The van der Waals surface area contributed by atoms with E-state index in [2.05, 4.69) is 11.5 Å². The molecular weight excluding hydrogens is 238 g/mol. The summed E-state index contributed by atoms with van der Waals surface area (Å²) in [4.78, 5) is 0.427. The zero-order valence-electron chi connectivity index (χ0n) is 9.29. The van der Waals surface area contributed by atoms with Gasteiger partial charge in [-0.3, -0.25) is 0 Å². The maximum absolute atomic E-state index is 11.3. The third kappa shape index (κ3) is 1.54. The summed E-state index contributed by atoms with van der Waals surface area (Å²) in [7, 11) is 0. The predicted molar refractivity (Wildman–Crippen MR) is 63.4 cm³/mol. The van der Waals surface area contributed by atoms with Crippen LogP contribution in [0.4, 0.5) is 0 Å². The molecule has 88 valence electrons. The predicted octanol–water partition coefficient (Wildman–Crippen LogP) is 1.66. The van der Waals surface area contributed by atoms with E-state index in [9.17, 15) is 8.76 Å². The number of hydrogen-bond acceptors (Lipinski definition) is 2. The van der Waals surface area contributed by atoms with Crippen molar-refractivity contribution in [3.8, 4) is 5.75 Å². The lowest BCUT2D eigenvalue weighted by Crippen LogP contribution is -2.44. The van der Waals surface area contributed by atoms with E-state index in [0.717, 1.165) is 16.7 Å². The van der Waals surface area contributed by atoms with Crippen molar-refractivity contribution >= 4 is 22.0 Å². The Balaban J connectivity index is 2.44. The van der Waals surface area contributed by atoms with E-state index in [4.69, 9.17) is 4.74 Å². The van der Waals surface area contributed by atoms with Crippen molar-refractivity contribution in [2.24, 2.45) is 0 Å². The van der Waals surface area contributed by atoms with Crippen molar-refractivity contribution in [3.63, 3.8) is 0 Å². The summed E-state index contributed by atoms with van der Waals surface area (Å²) >= 11 is -1.98. The summed E-state index contributed by atoms with van der Waals surface area (Å²) in [5.74, 6) is 0.771. The molecule has 0 fully saturated rings. The molecule has 0 saturated heterocycles. The van der Waals surface area contributed by atoms with Crippen LogP contribution in [0.3, 0.4) is 0 Å². The first-order valence-electron chi connectivity index (χ1n) is 5.39. The minimum atomic E-state index is -1.98. The van der Waals surface area contributed by atoms with E-state index in [1.54, 1.807) is 12.1 Å². The molecule has 1 aliphatic heterocycles. The maximum Gasteiger partial charge on any atom is 0.256 e. The molecule has 1 aromatic heterocycles. The Bertz CT molecular complexity index is 626. The molecule has 1 N–H and O–H groups in total. The van der Waals surface area contributed by atoms with E-state index in [0.29, 0.717) is 11.5 Å². The Hall–Kier alpha value is -1.46. The van der Waals surface area contributed by atoms with E-state index >= 15 is 0 Å². The number of aromatic nitrogens is 1. The minimum absolute atomic E-state index is 0.230. The highest BCUT2D eigenvalue weighted by molar-refractivity contribution is 7.79. The molecule has 0 aliphatic carbocycles. The molecule has 3 rings (SSSR count). The van der Waals surface area contributed by atoms with Crippen LogP contribution >= 0.6 is 0 Å². The Labute approximate surface area is 101 Å². The molecule has 1 aromatic carbocycles. The highest BCUT2D eigenvalue weighted by atomic mass is 32.2. The molecular formula is C12H12NO3S+. The maximum atomic E-state index is 11.3. The van der Waals surface area contributed by atoms with Crippen LogP contribution in [0.15, 0.2) is 35.4 Å². The SMILES string of the molecule is CC1COc2ccc(S(=O)O)c3ccc[n+]1c23. The van der Waals surface area contributed by atoms with Gasteiger partial charge in [0.05, 0.1) is 10.3 Å². The Morgan fingerprint density at radius 3 is 3.06 bits per heavy atom.